The fourth-order valence-electron chi connectivity index (χ4n) is 6.30. The first-order valence-electron chi connectivity index (χ1n) is 14.9. The Labute approximate surface area is 236 Å². The summed E-state index contributed by atoms with van der Waals surface area (Å²) in [7, 11) is 1.92. The van der Waals surface area contributed by atoms with Crippen LogP contribution >= 0.6 is 0 Å². The molecule has 4 heterocycles. The first-order valence-corrected chi connectivity index (χ1v) is 14.9. The van der Waals surface area contributed by atoms with Crippen LogP contribution in [0.4, 0.5) is 5.69 Å². The lowest BCUT2D eigenvalue weighted by atomic mass is 9.77. The minimum absolute atomic E-state index is 0.000560. The summed E-state index contributed by atoms with van der Waals surface area (Å²) < 4.78 is 6.97. The summed E-state index contributed by atoms with van der Waals surface area (Å²) in [6.07, 6.45) is 8.52. The Morgan fingerprint density at radius 1 is 1.15 bits per heavy atom. The SMILES string of the molecule is CCCc1c(C2CCC2)cc(=O)[nH]c1CCc1c(-c2ccc(N3CCC(CC(=O)OCC)C3)c(C)n2)nnn1C. The Hall–Kier alpha value is -3.49. The third kappa shape index (κ3) is 5.98. The molecule has 9 nitrogen and oxygen atoms in total. The van der Waals surface area contributed by atoms with Crippen molar-refractivity contribution in [3.63, 3.8) is 0 Å². The van der Waals surface area contributed by atoms with Crippen LogP contribution in [0.1, 0.15) is 86.5 Å². The quantitative estimate of drug-likeness (QED) is 0.349. The molecule has 1 atom stereocenters. The van der Waals surface area contributed by atoms with Crippen LogP contribution in [0.3, 0.4) is 0 Å². The standard InChI is InChI=1S/C31H42N6O3/c1-5-8-23-24(22-9-7-10-22)18-29(38)33-25(23)11-14-28-31(34-35-36(28)4)26-12-13-27(20(3)32-26)37-16-15-21(19-37)17-30(39)40-6-2/h12-13,18,21-22H,5-11,14-17,19H2,1-4H3,(H,33,38). The third-order valence-electron chi connectivity index (χ3n) is 8.56. The topological polar surface area (TPSA) is 106 Å². The highest BCUT2D eigenvalue weighted by Crippen LogP contribution is 2.38. The van der Waals surface area contributed by atoms with Gasteiger partial charge in [0.1, 0.15) is 5.69 Å². The van der Waals surface area contributed by atoms with Gasteiger partial charge in [-0.15, -0.1) is 5.10 Å². The van der Waals surface area contributed by atoms with Crippen molar-refractivity contribution in [1.82, 2.24) is 25.0 Å². The van der Waals surface area contributed by atoms with E-state index < -0.39 is 0 Å². The molecule has 0 amide bonds. The van der Waals surface area contributed by atoms with E-state index in [9.17, 15) is 9.59 Å². The molecular formula is C31H42N6O3. The van der Waals surface area contributed by atoms with Crippen molar-refractivity contribution in [3.05, 3.63) is 56.8 Å². The summed E-state index contributed by atoms with van der Waals surface area (Å²) in [5.74, 6) is 0.713. The molecule has 1 N–H and O–H groups in total. The zero-order chi connectivity index (χ0) is 28.2. The molecule has 5 rings (SSSR count). The van der Waals surface area contributed by atoms with E-state index in [0.29, 0.717) is 31.3 Å². The minimum Gasteiger partial charge on any atom is -0.466 e. The number of pyridine rings is 2. The number of hydrogen-bond acceptors (Lipinski definition) is 7. The van der Waals surface area contributed by atoms with Crippen molar-refractivity contribution in [2.75, 3.05) is 24.6 Å². The van der Waals surface area contributed by atoms with E-state index in [-0.39, 0.29) is 11.5 Å². The van der Waals surface area contributed by atoms with Crippen molar-refractivity contribution in [2.24, 2.45) is 13.0 Å². The second kappa shape index (κ2) is 12.4. The zero-order valence-electron chi connectivity index (χ0n) is 24.3. The van der Waals surface area contributed by atoms with Gasteiger partial charge < -0.3 is 14.6 Å². The van der Waals surface area contributed by atoms with Crippen LogP contribution in [0.25, 0.3) is 11.4 Å². The maximum Gasteiger partial charge on any atom is 0.306 e. The normalized spacial score (nSPS) is 17.3. The fraction of sp³-hybridized carbons (Fsp3) is 0.581. The minimum atomic E-state index is -0.115. The lowest BCUT2D eigenvalue weighted by molar-refractivity contribution is -0.144. The van der Waals surface area contributed by atoms with E-state index in [1.165, 1.54) is 30.4 Å². The predicted molar refractivity (Wildman–Crippen MR) is 156 cm³/mol. The van der Waals surface area contributed by atoms with E-state index in [1.807, 2.05) is 37.7 Å². The van der Waals surface area contributed by atoms with Crippen LogP contribution in [0.15, 0.2) is 23.0 Å². The maximum absolute atomic E-state index is 12.6. The number of aromatic nitrogens is 5. The van der Waals surface area contributed by atoms with Gasteiger partial charge in [0, 0.05) is 31.9 Å². The smallest absolute Gasteiger partial charge is 0.306 e. The summed E-state index contributed by atoms with van der Waals surface area (Å²) in [6, 6.07) is 5.97. The molecule has 1 saturated carbocycles. The molecule has 3 aromatic heterocycles. The Morgan fingerprint density at radius 2 is 1.98 bits per heavy atom. The molecule has 0 bridgehead atoms. The number of nitrogens with zero attached hydrogens (tertiary/aromatic N) is 5. The number of rotatable bonds is 11. The van der Waals surface area contributed by atoms with Gasteiger partial charge in [-0.3, -0.25) is 14.3 Å². The molecule has 40 heavy (non-hydrogen) atoms. The van der Waals surface area contributed by atoms with E-state index in [1.54, 1.807) is 0 Å². The number of carbonyl (C=O) groups is 1. The lowest BCUT2D eigenvalue weighted by Crippen LogP contribution is -2.22. The summed E-state index contributed by atoms with van der Waals surface area (Å²) in [5, 5.41) is 8.82. The second-order valence-corrected chi connectivity index (χ2v) is 11.3. The van der Waals surface area contributed by atoms with Gasteiger partial charge in [0.05, 0.1) is 35.8 Å². The Balaban J connectivity index is 1.33. The van der Waals surface area contributed by atoms with Crippen LogP contribution in [0.2, 0.25) is 0 Å². The summed E-state index contributed by atoms with van der Waals surface area (Å²) in [5.41, 5.74) is 8.26. The van der Waals surface area contributed by atoms with Crippen LogP contribution in [0, 0.1) is 12.8 Å². The molecule has 9 heteroatoms. The van der Waals surface area contributed by atoms with Gasteiger partial charge in [-0.2, -0.15) is 0 Å². The molecule has 3 aromatic rings. The number of esters is 1. The second-order valence-electron chi connectivity index (χ2n) is 11.3. The fourth-order valence-corrected chi connectivity index (χ4v) is 6.30. The van der Waals surface area contributed by atoms with Gasteiger partial charge in [0.15, 0.2) is 0 Å². The highest BCUT2D eigenvalue weighted by atomic mass is 16.5. The molecule has 2 aliphatic rings. The molecule has 1 unspecified atom stereocenters. The summed E-state index contributed by atoms with van der Waals surface area (Å²) in [6.45, 7) is 8.23. The molecule has 1 aliphatic carbocycles. The number of nitrogens with one attached hydrogen (secondary N) is 1. The number of aryl methyl sites for hydroxylation is 3. The number of aromatic amines is 1. The lowest BCUT2D eigenvalue weighted by Gasteiger charge is -2.28. The van der Waals surface area contributed by atoms with E-state index in [4.69, 9.17) is 9.72 Å². The molecule has 0 spiro atoms. The Morgan fingerprint density at radius 3 is 2.67 bits per heavy atom. The van der Waals surface area contributed by atoms with Gasteiger partial charge in [0.25, 0.3) is 0 Å². The highest BCUT2D eigenvalue weighted by Gasteiger charge is 2.27. The number of hydrogen-bond donors (Lipinski definition) is 1. The van der Waals surface area contributed by atoms with Gasteiger partial charge in [-0.1, -0.05) is 25.0 Å². The molecule has 214 valence electrons. The first kappa shape index (κ1) is 28.1. The first-order chi connectivity index (χ1) is 19.4. The number of carbonyl (C=O) groups excluding carboxylic acids is 1. The Kier molecular flexibility index (Phi) is 8.66. The van der Waals surface area contributed by atoms with Gasteiger partial charge in [-0.05, 0) is 87.5 Å². The number of anilines is 1. The molecule has 2 fully saturated rings. The van der Waals surface area contributed by atoms with Crippen molar-refractivity contribution >= 4 is 11.7 Å². The summed E-state index contributed by atoms with van der Waals surface area (Å²) >= 11 is 0. The van der Waals surface area contributed by atoms with Crippen LogP contribution in [0.5, 0.6) is 0 Å². The highest BCUT2D eigenvalue weighted by molar-refractivity contribution is 5.70. The molecule has 0 aromatic carbocycles. The molecule has 1 saturated heterocycles. The van der Waals surface area contributed by atoms with Crippen molar-refractivity contribution in [2.45, 2.75) is 84.5 Å². The van der Waals surface area contributed by atoms with Gasteiger partial charge in [0.2, 0.25) is 5.56 Å². The number of ether oxygens (including phenoxy) is 1. The van der Waals surface area contributed by atoms with Gasteiger partial charge in [-0.25, -0.2) is 4.98 Å². The monoisotopic (exact) mass is 546 g/mol. The molecular weight excluding hydrogens is 504 g/mol. The van der Waals surface area contributed by atoms with Crippen molar-refractivity contribution in [1.29, 1.82) is 0 Å². The molecule has 0 radical (unpaired) electrons. The largest absolute Gasteiger partial charge is 0.466 e. The van der Waals surface area contributed by atoms with E-state index >= 15 is 0 Å². The van der Waals surface area contributed by atoms with Crippen LogP contribution in [-0.2, 0) is 35.8 Å². The third-order valence-corrected chi connectivity index (χ3v) is 8.56. The maximum atomic E-state index is 12.6. The zero-order valence-corrected chi connectivity index (χ0v) is 24.3. The van der Waals surface area contributed by atoms with E-state index in [0.717, 1.165) is 72.9 Å². The number of H-pyrrole nitrogens is 1. The predicted octanol–water partition coefficient (Wildman–Crippen LogP) is 4.66. The van der Waals surface area contributed by atoms with E-state index in [2.05, 4.69) is 33.2 Å². The van der Waals surface area contributed by atoms with Crippen LogP contribution in [-0.4, -0.2) is 50.6 Å². The molecule has 1 aliphatic heterocycles. The van der Waals surface area contributed by atoms with Crippen LogP contribution < -0.4 is 10.5 Å². The van der Waals surface area contributed by atoms with Crippen molar-refractivity contribution < 1.29 is 9.53 Å². The van der Waals surface area contributed by atoms with Gasteiger partial charge >= 0.3 is 5.97 Å². The summed E-state index contributed by atoms with van der Waals surface area (Å²) in [4.78, 5) is 34.9. The Bertz CT molecular complexity index is 1410. The van der Waals surface area contributed by atoms with Crippen molar-refractivity contribution in [3.8, 4) is 11.4 Å². The average molecular weight is 547 g/mol. The average Bonchev–Trinajstić information content (AvgIpc) is 3.49.